The van der Waals surface area contributed by atoms with E-state index in [0.29, 0.717) is 30.6 Å². The Balaban J connectivity index is 1.60. The minimum atomic E-state index is -0.235. The molecule has 0 radical (unpaired) electrons. The highest BCUT2D eigenvalue weighted by Gasteiger charge is 2.20. The molecule has 1 saturated heterocycles. The zero-order valence-electron chi connectivity index (χ0n) is 12.6. The monoisotopic (exact) mass is 316 g/mol. The van der Waals surface area contributed by atoms with Crippen LogP contribution in [0.25, 0.3) is 0 Å². The van der Waals surface area contributed by atoms with E-state index in [0.717, 1.165) is 5.69 Å². The van der Waals surface area contributed by atoms with E-state index in [4.69, 9.17) is 9.26 Å². The van der Waals surface area contributed by atoms with Crippen molar-refractivity contribution in [3.8, 4) is 0 Å². The van der Waals surface area contributed by atoms with E-state index >= 15 is 0 Å². The zero-order chi connectivity index (χ0) is 16.2. The average molecular weight is 316 g/mol. The molecule has 8 nitrogen and oxygen atoms in total. The number of anilines is 2. The summed E-state index contributed by atoms with van der Waals surface area (Å²) in [6.07, 6.45) is 0.0427. The number of carbonyl (C=O) groups is 2. The standard InChI is InChI=1S/C15H16N4O4/c1-10-16-13(18-23-10)8-14(20)17-11-2-4-12(5-3-11)19-6-7-22-9-15(19)21/h2-5H,6-9H2,1H3,(H,17,20). The van der Waals surface area contributed by atoms with Crippen LogP contribution in [-0.4, -0.2) is 41.7 Å². The lowest BCUT2D eigenvalue weighted by atomic mass is 10.2. The van der Waals surface area contributed by atoms with Gasteiger partial charge in [0.05, 0.1) is 13.0 Å². The summed E-state index contributed by atoms with van der Waals surface area (Å²) in [5, 5.41) is 6.43. The normalized spacial score (nSPS) is 14.8. The van der Waals surface area contributed by atoms with Crippen LogP contribution in [0.4, 0.5) is 11.4 Å². The number of amides is 2. The fourth-order valence-corrected chi connectivity index (χ4v) is 2.28. The summed E-state index contributed by atoms with van der Waals surface area (Å²) >= 11 is 0. The van der Waals surface area contributed by atoms with Crippen molar-refractivity contribution < 1.29 is 18.8 Å². The summed E-state index contributed by atoms with van der Waals surface area (Å²) in [6, 6.07) is 7.07. The van der Waals surface area contributed by atoms with Crippen LogP contribution in [0.3, 0.4) is 0 Å². The van der Waals surface area contributed by atoms with Crippen LogP contribution in [0, 0.1) is 6.92 Å². The number of nitrogens with one attached hydrogen (secondary N) is 1. The number of aryl methyl sites for hydroxylation is 1. The van der Waals surface area contributed by atoms with Gasteiger partial charge in [-0.3, -0.25) is 9.59 Å². The van der Waals surface area contributed by atoms with E-state index in [-0.39, 0.29) is 24.8 Å². The molecule has 23 heavy (non-hydrogen) atoms. The van der Waals surface area contributed by atoms with Crippen molar-refractivity contribution in [1.82, 2.24) is 10.1 Å². The maximum Gasteiger partial charge on any atom is 0.253 e. The highest BCUT2D eigenvalue weighted by molar-refractivity contribution is 5.96. The van der Waals surface area contributed by atoms with Crippen molar-refractivity contribution in [3.63, 3.8) is 0 Å². The van der Waals surface area contributed by atoms with E-state index in [1.165, 1.54) is 0 Å². The topological polar surface area (TPSA) is 97.6 Å². The van der Waals surface area contributed by atoms with Gasteiger partial charge in [-0.05, 0) is 24.3 Å². The molecule has 2 amide bonds. The van der Waals surface area contributed by atoms with Crippen LogP contribution in [0.15, 0.2) is 28.8 Å². The molecule has 2 aromatic rings. The van der Waals surface area contributed by atoms with Crippen LogP contribution in [0.1, 0.15) is 11.7 Å². The maximum atomic E-state index is 11.9. The van der Waals surface area contributed by atoms with Gasteiger partial charge in [-0.25, -0.2) is 0 Å². The Kier molecular flexibility index (Phi) is 4.33. The molecule has 1 aromatic heterocycles. The summed E-state index contributed by atoms with van der Waals surface area (Å²) in [7, 11) is 0. The summed E-state index contributed by atoms with van der Waals surface area (Å²) in [6.45, 7) is 2.82. The minimum absolute atomic E-state index is 0.0427. The van der Waals surface area contributed by atoms with Crippen LogP contribution in [0.2, 0.25) is 0 Å². The lowest BCUT2D eigenvalue weighted by Crippen LogP contribution is -2.41. The lowest BCUT2D eigenvalue weighted by molar-refractivity contribution is -0.125. The third-order valence-corrected chi connectivity index (χ3v) is 3.34. The predicted molar refractivity (Wildman–Crippen MR) is 81.0 cm³/mol. The van der Waals surface area contributed by atoms with Crippen LogP contribution in [0.5, 0.6) is 0 Å². The van der Waals surface area contributed by atoms with E-state index in [1.807, 2.05) is 0 Å². The molecule has 2 heterocycles. The molecular weight excluding hydrogens is 300 g/mol. The smallest absolute Gasteiger partial charge is 0.253 e. The molecule has 0 spiro atoms. The number of aromatic nitrogens is 2. The van der Waals surface area contributed by atoms with Crippen LogP contribution < -0.4 is 10.2 Å². The van der Waals surface area contributed by atoms with Crippen molar-refractivity contribution in [2.24, 2.45) is 0 Å². The first-order valence-electron chi connectivity index (χ1n) is 7.19. The molecule has 3 rings (SSSR count). The quantitative estimate of drug-likeness (QED) is 0.901. The second-order valence-corrected chi connectivity index (χ2v) is 5.10. The van der Waals surface area contributed by atoms with Crippen LogP contribution >= 0.6 is 0 Å². The molecule has 0 bridgehead atoms. The summed E-state index contributed by atoms with van der Waals surface area (Å²) in [5.41, 5.74) is 1.42. The number of benzene rings is 1. The SMILES string of the molecule is Cc1nc(CC(=O)Nc2ccc(N3CCOCC3=O)cc2)no1. The fraction of sp³-hybridized carbons (Fsp3) is 0.333. The second kappa shape index (κ2) is 6.57. The molecule has 0 saturated carbocycles. The number of carbonyl (C=O) groups excluding carboxylic acids is 2. The first-order valence-corrected chi connectivity index (χ1v) is 7.19. The number of hydrogen-bond donors (Lipinski definition) is 1. The van der Waals surface area contributed by atoms with E-state index in [1.54, 1.807) is 36.1 Å². The summed E-state index contributed by atoms with van der Waals surface area (Å²) < 4.78 is 9.92. The molecule has 0 unspecified atom stereocenters. The predicted octanol–water partition coefficient (Wildman–Crippen LogP) is 0.922. The molecular formula is C15H16N4O4. The van der Waals surface area contributed by atoms with Gasteiger partial charge in [-0.15, -0.1) is 0 Å². The number of morpholine rings is 1. The van der Waals surface area contributed by atoms with Gasteiger partial charge >= 0.3 is 0 Å². The lowest BCUT2D eigenvalue weighted by Gasteiger charge is -2.26. The Morgan fingerprint density at radius 1 is 1.35 bits per heavy atom. The molecule has 1 N–H and O–H groups in total. The van der Waals surface area contributed by atoms with E-state index in [2.05, 4.69) is 15.5 Å². The summed E-state index contributed by atoms with van der Waals surface area (Å²) in [5.74, 6) is 0.462. The molecule has 0 atom stereocenters. The van der Waals surface area contributed by atoms with Crippen LogP contribution in [-0.2, 0) is 20.7 Å². The van der Waals surface area contributed by atoms with Crippen molar-refractivity contribution in [1.29, 1.82) is 0 Å². The third-order valence-electron chi connectivity index (χ3n) is 3.34. The maximum absolute atomic E-state index is 11.9. The van der Waals surface area contributed by atoms with Gasteiger partial charge < -0.3 is 19.5 Å². The van der Waals surface area contributed by atoms with Crippen molar-refractivity contribution in [2.75, 3.05) is 30.0 Å². The van der Waals surface area contributed by atoms with Gasteiger partial charge in [-0.2, -0.15) is 4.98 Å². The van der Waals surface area contributed by atoms with Crippen molar-refractivity contribution >= 4 is 23.2 Å². The van der Waals surface area contributed by atoms with Gasteiger partial charge in [-0.1, -0.05) is 5.16 Å². The van der Waals surface area contributed by atoms with Gasteiger partial charge in [0.15, 0.2) is 5.82 Å². The first kappa shape index (κ1) is 15.2. The molecule has 8 heteroatoms. The van der Waals surface area contributed by atoms with Gasteiger partial charge in [0.25, 0.3) is 5.91 Å². The zero-order valence-corrected chi connectivity index (χ0v) is 12.6. The number of hydrogen-bond acceptors (Lipinski definition) is 6. The molecule has 1 aliphatic heterocycles. The Morgan fingerprint density at radius 2 is 2.13 bits per heavy atom. The number of rotatable bonds is 4. The Morgan fingerprint density at radius 3 is 2.78 bits per heavy atom. The van der Waals surface area contributed by atoms with Crippen molar-refractivity contribution in [3.05, 3.63) is 36.0 Å². The highest BCUT2D eigenvalue weighted by atomic mass is 16.5. The van der Waals surface area contributed by atoms with Gasteiger partial charge in [0.1, 0.15) is 6.61 Å². The Bertz CT molecular complexity index is 711. The van der Waals surface area contributed by atoms with E-state index < -0.39 is 0 Å². The highest BCUT2D eigenvalue weighted by Crippen LogP contribution is 2.19. The molecule has 1 aromatic carbocycles. The molecule has 120 valence electrons. The Hall–Kier alpha value is -2.74. The molecule has 1 aliphatic rings. The van der Waals surface area contributed by atoms with E-state index in [9.17, 15) is 9.59 Å². The summed E-state index contributed by atoms with van der Waals surface area (Å²) in [4.78, 5) is 29.3. The number of nitrogens with zero attached hydrogens (tertiary/aromatic N) is 3. The molecule has 1 fully saturated rings. The third kappa shape index (κ3) is 3.72. The van der Waals surface area contributed by atoms with Crippen molar-refractivity contribution in [2.45, 2.75) is 13.3 Å². The minimum Gasteiger partial charge on any atom is -0.370 e. The number of ether oxygens (including phenoxy) is 1. The Labute approximate surface area is 132 Å². The first-order chi connectivity index (χ1) is 11.1. The molecule has 0 aliphatic carbocycles. The average Bonchev–Trinajstić information content (AvgIpc) is 2.93. The fourth-order valence-electron chi connectivity index (χ4n) is 2.28. The second-order valence-electron chi connectivity index (χ2n) is 5.10. The van der Waals surface area contributed by atoms with Gasteiger partial charge in [0, 0.05) is 24.8 Å². The largest absolute Gasteiger partial charge is 0.370 e. The van der Waals surface area contributed by atoms with Gasteiger partial charge in [0.2, 0.25) is 11.8 Å².